The van der Waals surface area contributed by atoms with Crippen LogP contribution in [0.4, 0.5) is 0 Å². The molecule has 0 N–H and O–H groups in total. The Kier molecular flexibility index (Phi) is 2.37. The molecule has 2 aliphatic rings. The maximum Gasteiger partial charge on any atom is 0.0811 e. The predicted molar refractivity (Wildman–Crippen MR) is 53.8 cm³/mol. The summed E-state index contributed by atoms with van der Waals surface area (Å²) in [7, 11) is 0. The van der Waals surface area contributed by atoms with Crippen molar-refractivity contribution in [3.63, 3.8) is 0 Å². The largest absolute Gasteiger partial charge is 0.373 e. The van der Waals surface area contributed by atoms with Gasteiger partial charge in [0, 0.05) is 19.1 Å². The molecule has 1 spiro atoms. The van der Waals surface area contributed by atoms with Gasteiger partial charge in [0.2, 0.25) is 0 Å². The summed E-state index contributed by atoms with van der Waals surface area (Å²) >= 11 is 0. The minimum absolute atomic E-state index is 0.273. The molecule has 1 aliphatic carbocycles. The molecule has 0 aromatic carbocycles. The average Bonchev–Trinajstić information content (AvgIpc) is 2.82. The summed E-state index contributed by atoms with van der Waals surface area (Å²) in [5.41, 5.74) is 0.273. The van der Waals surface area contributed by atoms with Gasteiger partial charge in [-0.3, -0.25) is 4.90 Å². The molecular weight excluding hydrogens is 162 g/mol. The first-order chi connectivity index (χ1) is 6.11. The van der Waals surface area contributed by atoms with Crippen LogP contribution in [-0.2, 0) is 4.74 Å². The lowest BCUT2D eigenvalue weighted by Gasteiger charge is -2.27. The first-order valence-electron chi connectivity index (χ1n) is 5.49. The van der Waals surface area contributed by atoms with Crippen molar-refractivity contribution in [1.82, 2.24) is 4.90 Å². The topological polar surface area (TPSA) is 12.5 Å². The minimum Gasteiger partial charge on any atom is -0.373 e. The van der Waals surface area contributed by atoms with Crippen LogP contribution in [0.15, 0.2) is 0 Å². The fourth-order valence-corrected chi connectivity index (χ4v) is 2.09. The third-order valence-electron chi connectivity index (χ3n) is 3.25. The summed E-state index contributed by atoms with van der Waals surface area (Å²) in [4.78, 5) is 2.57. The van der Waals surface area contributed by atoms with E-state index in [4.69, 9.17) is 4.74 Å². The van der Waals surface area contributed by atoms with Crippen molar-refractivity contribution in [1.29, 1.82) is 0 Å². The van der Waals surface area contributed by atoms with Gasteiger partial charge in [-0.2, -0.15) is 0 Å². The van der Waals surface area contributed by atoms with Crippen LogP contribution in [0.2, 0.25) is 0 Å². The fraction of sp³-hybridized carbons (Fsp3) is 1.00. The van der Waals surface area contributed by atoms with Gasteiger partial charge in [0.1, 0.15) is 0 Å². The summed E-state index contributed by atoms with van der Waals surface area (Å²) in [6, 6.07) is 0.668. The lowest BCUT2D eigenvalue weighted by atomic mass is 10.1. The molecule has 13 heavy (non-hydrogen) atoms. The van der Waals surface area contributed by atoms with Crippen molar-refractivity contribution in [2.45, 2.75) is 45.3 Å². The standard InChI is InChI=1S/C11H21NO/c1-9(2)12-6-10(3)7-13-11(8-12)4-5-11/h9-10H,4-8H2,1-3H3/t10-/m1/s1. The second-order valence-corrected chi connectivity index (χ2v) is 5.12. The molecule has 0 aromatic heterocycles. The number of rotatable bonds is 1. The first kappa shape index (κ1) is 9.47. The molecule has 76 valence electrons. The molecule has 0 unspecified atom stereocenters. The van der Waals surface area contributed by atoms with E-state index in [1.165, 1.54) is 19.4 Å². The van der Waals surface area contributed by atoms with Crippen molar-refractivity contribution in [3.05, 3.63) is 0 Å². The van der Waals surface area contributed by atoms with Gasteiger partial charge in [-0.05, 0) is 32.6 Å². The molecule has 1 heterocycles. The van der Waals surface area contributed by atoms with Crippen LogP contribution < -0.4 is 0 Å². The molecule has 2 rings (SSSR count). The van der Waals surface area contributed by atoms with E-state index in [-0.39, 0.29) is 5.60 Å². The van der Waals surface area contributed by atoms with E-state index >= 15 is 0 Å². The second kappa shape index (κ2) is 3.25. The van der Waals surface area contributed by atoms with Crippen LogP contribution in [-0.4, -0.2) is 36.2 Å². The lowest BCUT2D eigenvalue weighted by Crippen LogP contribution is -2.38. The molecule has 1 aliphatic heterocycles. The molecule has 1 saturated carbocycles. The van der Waals surface area contributed by atoms with Gasteiger partial charge < -0.3 is 4.74 Å². The average molecular weight is 183 g/mol. The zero-order valence-corrected chi connectivity index (χ0v) is 9.05. The van der Waals surface area contributed by atoms with Crippen molar-refractivity contribution >= 4 is 0 Å². The van der Waals surface area contributed by atoms with Crippen molar-refractivity contribution in [2.75, 3.05) is 19.7 Å². The van der Waals surface area contributed by atoms with Crippen LogP contribution in [0.1, 0.15) is 33.6 Å². The Bertz CT molecular complexity index is 187. The molecular formula is C11H21NO. The molecule has 2 nitrogen and oxygen atoms in total. The predicted octanol–water partition coefficient (Wildman–Crippen LogP) is 1.90. The summed E-state index contributed by atoms with van der Waals surface area (Å²) in [6.45, 7) is 10.2. The maximum absolute atomic E-state index is 5.95. The van der Waals surface area contributed by atoms with Gasteiger partial charge in [-0.15, -0.1) is 0 Å². The number of ether oxygens (including phenoxy) is 1. The fourth-order valence-electron chi connectivity index (χ4n) is 2.09. The Labute approximate surface area is 81.3 Å². The minimum atomic E-state index is 0.273. The van der Waals surface area contributed by atoms with Crippen LogP contribution in [0.25, 0.3) is 0 Å². The van der Waals surface area contributed by atoms with E-state index in [9.17, 15) is 0 Å². The third kappa shape index (κ3) is 2.05. The molecule has 1 saturated heterocycles. The maximum atomic E-state index is 5.95. The van der Waals surface area contributed by atoms with Crippen LogP contribution >= 0.6 is 0 Å². The highest BCUT2D eigenvalue weighted by molar-refractivity contribution is 5.00. The van der Waals surface area contributed by atoms with E-state index in [0.717, 1.165) is 13.2 Å². The summed E-state index contributed by atoms with van der Waals surface area (Å²) in [6.07, 6.45) is 2.56. The summed E-state index contributed by atoms with van der Waals surface area (Å²) in [5, 5.41) is 0. The van der Waals surface area contributed by atoms with Gasteiger partial charge in [0.15, 0.2) is 0 Å². The van der Waals surface area contributed by atoms with Crippen molar-refractivity contribution in [2.24, 2.45) is 5.92 Å². The van der Waals surface area contributed by atoms with E-state index in [1.54, 1.807) is 0 Å². The SMILES string of the molecule is CC(C)N1C[C@@H](C)COC2(CC2)C1. The number of hydrogen-bond acceptors (Lipinski definition) is 2. The third-order valence-corrected chi connectivity index (χ3v) is 3.25. The Morgan fingerprint density at radius 3 is 2.62 bits per heavy atom. The summed E-state index contributed by atoms with van der Waals surface area (Å²) in [5.74, 6) is 0.697. The van der Waals surface area contributed by atoms with Gasteiger partial charge in [0.25, 0.3) is 0 Å². The monoisotopic (exact) mass is 183 g/mol. The Balaban J connectivity index is 2.01. The van der Waals surface area contributed by atoms with Crippen LogP contribution in [0.5, 0.6) is 0 Å². The number of nitrogens with zero attached hydrogens (tertiary/aromatic N) is 1. The van der Waals surface area contributed by atoms with Crippen molar-refractivity contribution < 1.29 is 4.74 Å². The highest BCUT2D eigenvalue weighted by atomic mass is 16.5. The van der Waals surface area contributed by atoms with Gasteiger partial charge in [0.05, 0.1) is 12.2 Å². The highest BCUT2D eigenvalue weighted by Gasteiger charge is 2.47. The van der Waals surface area contributed by atoms with E-state index in [2.05, 4.69) is 25.7 Å². The van der Waals surface area contributed by atoms with Crippen molar-refractivity contribution in [3.8, 4) is 0 Å². The Morgan fingerprint density at radius 1 is 1.38 bits per heavy atom. The Morgan fingerprint density at radius 2 is 2.08 bits per heavy atom. The van der Waals surface area contributed by atoms with E-state index in [0.29, 0.717) is 12.0 Å². The van der Waals surface area contributed by atoms with Crippen LogP contribution in [0.3, 0.4) is 0 Å². The zero-order chi connectivity index (χ0) is 9.47. The Hall–Kier alpha value is -0.0800. The van der Waals surface area contributed by atoms with Gasteiger partial charge in [-0.1, -0.05) is 6.92 Å². The first-order valence-corrected chi connectivity index (χ1v) is 5.49. The molecule has 2 fully saturated rings. The van der Waals surface area contributed by atoms with Gasteiger partial charge in [-0.25, -0.2) is 0 Å². The summed E-state index contributed by atoms with van der Waals surface area (Å²) < 4.78 is 5.95. The smallest absolute Gasteiger partial charge is 0.0811 e. The molecule has 0 amide bonds. The second-order valence-electron chi connectivity index (χ2n) is 5.12. The molecule has 0 bridgehead atoms. The van der Waals surface area contributed by atoms with E-state index in [1.807, 2.05) is 0 Å². The van der Waals surface area contributed by atoms with Gasteiger partial charge >= 0.3 is 0 Å². The molecule has 0 aromatic rings. The molecule has 2 heteroatoms. The lowest BCUT2D eigenvalue weighted by molar-refractivity contribution is 0.0223. The molecule has 1 atom stereocenters. The van der Waals surface area contributed by atoms with Crippen LogP contribution in [0, 0.1) is 5.92 Å². The quantitative estimate of drug-likeness (QED) is 0.615. The zero-order valence-electron chi connectivity index (χ0n) is 9.05. The highest BCUT2D eigenvalue weighted by Crippen LogP contribution is 2.42. The molecule has 0 radical (unpaired) electrons. The normalized spacial score (nSPS) is 33.7. The van der Waals surface area contributed by atoms with E-state index < -0.39 is 0 Å². The number of hydrogen-bond donors (Lipinski definition) is 0.